The van der Waals surface area contributed by atoms with Crippen LogP contribution in [0.4, 0.5) is 0 Å². The number of nitrogens with zero attached hydrogens (tertiary/aromatic N) is 4. The number of thiophene rings is 1. The number of furan rings is 1. The molecule has 1 aliphatic heterocycles. The quantitative estimate of drug-likeness (QED) is 0.324. The van der Waals surface area contributed by atoms with Crippen LogP contribution in [0.25, 0.3) is 11.4 Å². The lowest BCUT2D eigenvalue weighted by atomic mass is 9.98. The number of thioether (sulfide) groups is 1. The summed E-state index contributed by atoms with van der Waals surface area (Å²) in [5.74, 6) is 2.05. The molecular formula is C25H26N4O2S2. The highest BCUT2D eigenvalue weighted by atomic mass is 32.2. The number of fused-ring (bicyclic) bond motifs is 1. The second-order valence-electron chi connectivity index (χ2n) is 8.12. The van der Waals surface area contributed by atoms with Crippen LogP contribution in [0.1, 0.15) is 41.2 Å². The van der Waals surface area contributed by atoms with Crippen molar-refractivity contribution in [3.8, 4) is 11.4 Å². The first-order chi connectivity index (χ1) is 16.2. The third kappa shape index (κ3) is 4.37. The lowest BCUT2D eigenvalue weighted by Crippen LogP contribution is -2.40. The molecule has 1 amide bonds. The number of amides is 1. The molecule has 0 bridgehead atoms. The van der Waals surface area contributed by atoms with Gasteiger partial charge in [0.15, 0.2) is 11.0 Å². The van der Waals surface area contributed by atoms with Gasteiger partial charge < -0.3 is 9.32 Å². The summed E-state index contributed by atoms with van der Waals surface area (Å²) in [6, 6.07) is 14.5. The Balaban J connectivity index is 1.38. The standard InChI is InChI=1S/C25H26N4O2S2/c1-3-21-20-11-14-32-22(20)9-12-28(21)23(30)16-33-25-27-26-24(19-10-13-31-17(19)2)29(25)15-18-7-5-4-6-8-18/h4-8,10-11,13-14,21H,3,9,12,15-16H2,1-2H3. The lowest BCUT2D eigenvalue weighted by Gasteiger charge is -2.35. The summed E-state index contributed by atoms with van der Waals surface area (Å²) >= 11 is 3.26. The first kappa shape index (κ1) is 22.0. The molecule has 1 aliphatic rings. The normalized spacial score (nSPS) is 15.6. The topological polar surface area (TPSA) is 64.2 Å². The second kappa shape index (κ2) is 9.57. The monoisotopic (exact) mass is 478 g/mol. The van der Waals surface area contributed by atoms with E-state index in [2.05, 4.69) is 45.3 Å². The Hall–Kier alpha value is -2.84. The van der Waals surface area contributed by atoms with Crippen LogP contribution in [0.15, 0.2) is 63.7 Å². The molecule has 0 N–H and O–H groups in total. The third-order valence-electron chi connectivity index (χ3n) is 6.13. The van der Waals surface area contributed by atoms with Gasteiger partial charge in [0.25, 0.3) is 0 Å². The van der Waals surface area contributed by atoms with Gasteiger partial charge in [0, 0.05) is 11.4 Å². The maximum Gasteiger partial charge on any atom is 0.233 e. The Morgan fingerprint density at radius 3 is 2.82 bits per heavy atom. The van der Waals surface area contributed by atoms with Crippen molar-refractivity contribution in [2.45, 2.75) is 44.4 Å². The van der Waals surface area contributed by atoms with Gasteiger partial charge in [0.2, 0.25) is 5.91 Å². The molecule has 0 saturated carbocycles. The molecule has 0 spiro atoms. The summed E-state index contributed by atoms with van der Waals surface area (Å²) < 4.78 is 7.59. The smallest absolute Gasteiger partial charge is 0.233 e. The fourth-order valence-corrected chi connectivity index (χ4v) is 6.22. The fraction of sp³-hybridized carbons (Fsp3) is 0.320. The molecule has 4 aromatic rings. The number of carbonyl (C=O) groups is 1. The van der Waals surface area contributed by atoms with Gasteiger partial charge in [-0.1, -0.05) is 49.0 Å². The van der Waals surface area contributed by atoms with E-state index in [0.29, 0.717) is 12.3 Å². The highest BCUT2D eigenvalue weighted by molar-refractivity contribution is 7.99. The molecule has 0 fully saturated rings. The third-order valence-corrected chi connectivity index (χ3v) is 8.07. The van der Waals surface area contributed by atoms with Crippen molar-refractivity contribution in [2.75, 3.05) is 12.3 Å². The first-order valence-electron chi connectivity index (χ1n) is 11.2. The van der Waals surface area contributed by atoms with Gasteiger partial charge in [0.05, 0.1) is 30.2 Å². The molecular weight excluding hydrogens is 452 g/mol. The van der Waals surface area contributed by atoms with Crippen LogP contribution in [0, 0.1) is 6.92 Å². The van der Waals surface area contributed by atoms with Crippen molar-refractivity contribution in [3.05, 3.63) is 75.9 Å². The molecule has 33 heavy (non-hydrogen) atoms. The molecule has 0 radical (unpaired) electrons. The van der Waals surface area contributed by atoms with Crippen molar-refractivity contribution in [2.24, 2.45) is 0 Å². The second-order valence-corrected chi connectivity index (χ2v) is 10.1. The molecule has 170 valence electrons. The van der Waals surface area contributed by atoms with Crippen molar-refractivity contribution in [3.63, 3.8) is 0 Å². The Bertz CT molecular complexity index is 1240. The molecule has 4 heterocycles. The van der Waals surface area contributed by atoms with Crippen molar-refractivity contribution in [1.29, 1.82) is 0 Å². The number of benzene rings is 1. The summed E-state index contributed by atoms with van der Waals surface area (Å²) in [6.07, 6.45) is 3.53. The van der Waals surface area contributed by atoms with Gasteiger partial charge in [-0.15, -0.1) is 21.5 Å². The molecule has 0 aliphatic carbocycles. The zero-order valence-corrected chi connectivity index (χ0v) is 20.4. The van der Waals surface area contributed by atoms with Crippen LogP contribution in [0.3, 0.4) is 0 Å². The Morgan fingerprint density at radius 2 is 2.06 bits per heavy atom. The fourth-order valence-electron chi connectivity index (χ4n) is 4.46. The van der Waals surface area contributed by atoms with E-state index in [-0.39, 0.29) is 11.9 Å². The molecule has 5 rings (SSSR count). The minimum absolute atomic E-state index is 0.152. The lowest BCUT2D eigenvalue weighted by molar-refractivity contribution is -0.131. The van der Waals surface area contributed by atoms with E-state index in [4.69, 9.17) is 4.42 Å². The summed E-state index contributed by atoms with van der Waals surface area (Å²) in [4.78, 5) is 16.7. The minimum atomic E-state index is 0.152. The number of aryl methyl sites for hydroxylation is 1. The summed E-state index contributed by atoms with van der Waals surface area (Å²) in [5, 5.41) is 11.8. The predicted molar refractivity (Wildman–Crippen MR) is 131 cm³/mol. The highest BCUT2D eigenvalue weighted by Gasteiger charge is 2.30. The maximum atomic E-state index is 13.3. The Morgan fingerprint density at radius 1 is 1.21 bits per heavy atom. The van der Waals surface area contributed by atoms with Crippen LogP contribution in [-0.2, 0) is 17.8 Å². The maximum absolute atomic E-state index is 13.3. The zero-order chi connectivity index (χ0) is 22.8. The van der Waals surface area contributed by atoms with Crippen LogP contribution >= 0.6 is 23.1 Å². The minimum Gasteiger partial charge on any atom is -0.469 e. The number of rotatable bonds is 7. The van der Waals surface area contributed by atoms with E-state index in [1.807, 2.05) is 36.1 Å². The number of hydrogen-bond donors (Lipinski definition) is 0. The molecule has 3 aromatic heterocycles. The molecule has 1 atom stereocenters. The average molecular weight is 479 g/mol. The summed E-state index contributed by atoms with van der Waals surface area (Å²) in [5.41, 5.74) is 3.39. The number of hydrogen-bond acceptors (Lipinski definition) is 6. The van der Waals surface area contributed by atoms with E-state index >= 15 is 0 Å². The van der Waals surface area contributed by atoms with Crippen LogP contribution in [-0.4, -0.2) is 37.9 Å². The average Bonchev–Trinajstić information content (AvgIpc) is 3.57. The van der Waals surface area contributed by atoms with Crippen LogP contribution < -0.4 is 0 Å². The van der Waals surface area contributed by atoms with Crippen molar-refractivity contribution < 1.29 is 9.21 Å². The van der Waals surface area contributed by atoms with Crippen molar-refractivity contribution in [1.82, 2.24) is 19.7 Å². The van der Waals surface area contributed by atoms with E-state index in [0.717, 1.165) is 47.3 Å². The Labute approximate surface area is 201 Å². The molecule has 8 heteroatoms. The zero-order valence-electron chi connectivity index (χ0n) is 18.7. The van der Waals surface area contributed by atoms with Gasteiger partial charge >= 0.3 is 0 Å². The SMILES string of the molecule is CCC1c2ccsc2CCN1C(=O)CSc1nnc(-c2ccoc2C)n1Cc1ccccc1. The summed E-state index contributed by atoms with van der Waals surface area (Å²) in [6.45, 7) is 5.49. The molecule has 1 unspecified atom stereocenters. The van der Waals surface area contributed by atoms with Crippen molar-refractivity contribution >= 4 is 29.0 Å². The van der Waals surface area contributed by atoms with Crippen LogP contribution in [0.2, 0.25) is 0 Å². The van der Waals surface area contributed by atoms with E-state index in [1.165, 1.54) is 22.2 Å². The molecule has 1 aromatic carbocycles. The number of carbonyl (C=O) groups excluding carboxylic acids is 1. The van der Waals surface area contributed by atoms with Gasteiger partial charge in [-0.05, 0) is 48.4 Å². The van der Waals surface area contributed by atoms with E-state index in [1.54, 1.807) is 17.6 Å². The van der Waals surface area contributed by atoms with Crippen LogP contribution in [0.5, 0.6) is 0 Å². The highest BCUT2D eigenvalue weighted by Crippen LogP contribution is 2.36. The Kier molecular flexibility index (Phi) is 6.37. The largest absolute Gasteiger partial charge is 0.469 e. The van der Waals surface area contributed by atoms with E-state index in [9.17, 15) is 4.79 Å². The van der Waals surface area contributed by atoms with Gasteiger partial charge in [-0.25, -0.2) is 0 Å². The van der Waals surface area contributed by atoms with Gasteiger partial charge in [-0.3, -0.25) is 9.36 Å². The molecule has 0 saturated heterocycles. The van der Waals surface area contributed by atoms with Gasteiger partial charge in [0.1, 0.15) is 5.76 Å². The predicted octanol–water partition coefficient (Wildman–Crippen LogP) is 5.58. The number of aromatic nitrogens is 3. The summed E-state index contributed by atoms with van der Waals surface area (Å²) in [7, 11) is 0. The molecule has 6 nitrogen and oxygen atoms in total. The van der Waals surface area contributed by atoms with Gasteiger partial charge in [-0.2, -0.15) is 0 Å². The first-order valence-corrected chi connectivity index (χ1v) is 13.0. The van der Waals surface area contributed by atoms with E-state index < -0.39 is 0 Å².